The number of aliphatic hydroxyl groups excluding tert-OH is 1. The van der Waals surface area contributed by atoms with E-state index < -0.39 is 8.07 Å². The Balaban J connectivity index is 0.000000428. The topological polar surface area (TPSA) is 50.2 Å². The van der Waals surface area contributed by atoms with Crippen molar-refractivity contribution >= 4 is 66.1 Å². The van der Waals surface area contributed by atoms with Gasteiger partial charge in [-0.2, -0.15) is 0 Å². The zero-order valence-corrected chi connectivity index (χ0v) is 45.6. The summed E-state index contributed by atoms with van der Waals surface area (Å²) in [5, 5.41) is 17.8. The van der Waals surface area contributed by atoms with Crippen LogP contribution in [0, 0.1) is 66.4 Å². The molecule has 0 aliphatic carbocycles. The SMILES string of the molecule is CCC(CC)C(=O)/C=C(\O)C(CC)CC.Cc1cc(C)cc([Si](c2cc(C)cc(C)c2)(c2cc(C)cc(C)c2)c2sc3c(-c4[c-]c5ccccc5c(C(C)(C)C)c4)nccc3c2C)c1.[Ir]. The van der Waals surface area contributed by atoms with Gasteiger partial charge in [0.05, 0.1) is 5.76 Å². The Morgan fingerprint density at radius 2 is 1.14 bits per heavy atom. The van der Waals surface area contributed by atoms with Crippen LogP contribution in [0.15, 0.2) is 109 Å². The molecule has 0 spiro atoms. The van der Waals surface area contributed by atoms with E-state index in [1.165, 1.54) is 86.1 Å². The second kappa shape index (κ2) is 21.5. The van der Waals surface area contributed by atoms with Crippen molar-refractivity contribution in [3.63, 3.8) is 0 Å². The van der Waals surface area contributed by atoms with E-state index in [1.54, 1.807) is 0 Å². The molecular weight excluding hydrogens is 1010 g/mol. The second-order valence-electron chi connectivity index (χ2n) is 19.4. The first kappa shape index (κ1) is 51.5. The van der Waals surface area contributed by atoms with Gasteiger partial charge in [0, 0.05) is 59.1 Å². The molecule has 0 bridgehead atoms. The van der Waals surface area contributed by atoms with E-state index in [-0.39, 0.29) is 48.9 Å². The molecule has 0 aliphatic heterocycles. The molecule has 0 atom stereocenters. The van der Waals surface area contributed by atoms with E-state index in [1.807, 2.05) is 45.2 Å². The van der Waals surface area contributed by atoms with Gasteiger partial charge < -0.3 is 5.11 Å². The summed E-state index contributed by atoms with van der Waals surface area (Å²) in [4.78, 5) is 16.9. The molecule has 2 aromatic heterocycles. The predicted octanol–water partition coefficient (Wildman–Crippen LogP) is 13.6. The summed E-state index contributed by atoms with van der Waals surface area (Å²) in [6.07, 6.45) is 6.91. The molecule has 0 saturated heterocycles. The molecule has 0 saturated carbocycles. The Morgan fingerprint density at radius 1 is 0.677 bits per heavy atom. The second-order valence-corrected chi connectivity index (χ2v) is 24.5. The zero-order valence-electron chi connectivity index (χ0n) is 41.3. The van der Waals surface area contributed by atoms with Gasteiger partial charge in [-0.25, -0.2) is 0 Å². The van der Waals surface area contributed by atoms with Crippen LogP contribution in [0.5, 0.6) is 0 Å². The van der Waals surface area contributed by atoms with Crippen molar-refractivity contribution in [3.05, 3.63) is 160 Å². The monoisotopic (exact) mass is 1080 g/mol. The number of hydrogen-bond acceptors (Lipinski definition) is 4. The van der Waals surface area contributed by atoms with Crippen LogP contribution in [-0.4, -0.2) is 23.9 Å². The molecule has 65 heavy (non-hydrogen) atoms. The van der Waals surface area contributed by atoms with Crippen LogP contribution in [0.2, 0.25) is 0 Å². The van der Waals surface area contributed by atoms with Crippen LogP contribution in [0.25, 0.3) is 32.1 Å². The fourth-order valence-electron chi connectivity index (χ4n) is 9.92. The zero-order chi connectivity index (χ0) is 46.7. The van der Waals surface area contributed by atoms with Gasteiger partial charge >= 0.3 is 0 Å². The molecule has 3 nitrogen and oxygen atoms in total. The summed E-state index contributed by atoms with van der Waals surface area (Å²) >= 11 is 1.97. The van der Waals surface area contributed by atoms with Crippen molar-refractivity contribution in [3.8, 4) is 11.3 Å². The number of aryl methyl sites for hydroxylation is 7. The van der Waals surface area contributed by atoms with E-state index in [0.29, 0.717) is 0 Å². The summed E-state index contributed by atoms with van der Waals surface area (Å²) in [5.74, 6) is 0.547. The van der Waals surface area contributed by atoms with Gasteiger partial charge in [-0.15, -0.1) is 40.5 Å². The van der Waals surface area contributed by atoms with Crippen molar-refractivity contribution < 1.29 is 30.0 Å². The molecule has 0 aliphatic rings. The number of aromatic nitrogens is 1. The van der Waals surface area contributed by atoms with Gasteiger partial charge in [-0.1, -0.05) is 166 Å². The van der Waals surface area contributed by atoms with Crippen molar-refractivity contribution in [1.29, 1.82) is 0 Å². The average Bonchev–Trinajstić information content (AvgIpc) is 3.56. The van der Waals surface area contributed by atoms with Crippen LogP contribution >= 0.6 is 11.3 Å². The van der Waals surface area contributed by atoms with E-state index in [4.69, 9.17) is 4.98 Å². The number of thiophene rings is 1. The van der Waals surface area contributed by atoms with Crippen LogP contribution in [0.4, 0.5) is 0 Å². The number of ketones is 1. The Kier molecular flexibility index (Phi) is 17.0. The maximum atomic E-state index is 11.7. The number of fused-ring (bicyclic) bond motifs is 2. The third-order valence-corrected chi connectivity index (χ3v) is 20.0. The van der Waals surface area contributed by atoms with Crippen molar-refractivity contribution in [2.45, 2.75) is 128 Å². The number of pyridine rings is 1. The normalized spacial score (nSPS) is 12.2. The van der Waals surface area contributed by atoms with E-state index in [9.17, 15) is 9.90 Å². The van der Waals surface area contributed by atoms with Crippen LogP contribution in [0.1, 0.15) is 119 Å². The number of aliphatic hydroxyl groups is 1. The van der Waals surface area contributed by atoms with E-state index >= 15 is 0 Å². The average molecular weight is 1080 g/mol. The minimum absolute atomic E-state index is 0. The van der Waals surface area contributed by atoms with Gasteiger partial charge in [-0.05, 0) is 112 Å². The Morgan fingerprint density at radius 3 is 1.58 bits per heavy atom. The van der Waals surface area contributed by atoms with Crippen LogP contribution < -0.4 is 20.1 Å². The molecule has 7 aromatic rings. The number of nitrogens with zero attached hydrogens (tertiary/aromatic N) is 1. The number of hydrogen-bond donors (Lipinski definition) is 1. The molecular formula is C59H70IrNO2SSi-. The summed E-state index contributed by atoms with van der Waals surface area (Å²) in [7, 11) is -2.84. The maximum Gasteiger partial charge on any atom is 0.191 e. The van der Waals surface area contributed by atoms with Crippen LogP contribution in [-0.2, 0) is 30.3 Å². The third kappa shape index (κ3) is 10.9. The predicted molar refractivity (Wildman–Crippen MR) is 281 cm³/mol. The molecule has 343 valence electrons. The first-order valence-corrected chi connectivity index (χ1v) is 26.2. The van der Waals surface area contributed by atoms with Crippen molar-refractivity contribution in [1.82, 2.24) is 4.98 Å². The Hall–Kier alpha value is -4.45. The Labute approximate surface area is 409 Å². The first-order chi connectivity index (χ1) is 30.3. The van der Waals surface area contributed by atoms with E-state index in [0.717, 1.165) is 42.3 Å². The standard InChI is InChI=1S/C46H46NSSi.C13H24O2.Ir/c1-28-17-29(2)21-37(20-28)49(38-22-30(3)18-31(4)23-38,39-24-32(5)19-33(6)25-39)45-34(7)40-15-16-47-43(44(40)48-45)36-26-35-13-11-12-14-41(35)42(27-36)46(8,9)10;1-5-10(6-2)12(14)9-13(15)11(7-3)8-4;/h11-25,27H,1-10H3;9-11,14H,5-8H2,1-4H3;/q-1;;/b;12-9-;. The molecule has 0 fully saturated rings. The minimum atomic E-state index is -2.84. The molecule has 0 unspecified atom stereocenters. The summed E-state index contributed by atoms with van der Waals surface area (Å²) in [6.45, 7) is 30.8. The number of rotatable bonds is 12. The Bertz CT molecular complexity index is 2650. The van der Waals surface area contributed by atoms with Gasteiger partial charge in [0.25, 0.3) is 0 Å². The van der Waals surface area contributed by atoms with Gasteiger partial charge in [-0.3, -0.25) is 9.78 Å². The summed E-state index contributed by atoms with van der Waals surface area (Å²) < 4.78 is 2.73. The van der Waals surface area contributed by atoms with Gasteiger partial charge in [0.15, 0.2) is 13.9 Å². The number of benzene rings is 5. The first-order valence-electron chi connectivity index (χ1n) is 23.4. The molecule has 1 N–H and O–H groups in total. The van der Waals surface area contributed by atoms with Gasteiger partial charge in [0.2, 0.25) is 0 Å². The molecule has 7 rings (SSSR count). The van der Waals surface area contributed by atoms with Crippen molar-refractivity contribution in [2.24, 2.45) is 11.8 Å². The number of carbonyl (C=O) groups excluding carboxylic acids is 1. The van der Waals surface area contributed by atoms with Gasteiger partial charge in [0.1, 0.15) is 0 Å². The molecule has 1 radical (unpaired) electrons. The van der Waals surface area contributed by atoms with Crippen LogP contribution in [0.3, 0.4) is 0 Å². The molecule has 2 heterocycles. The molecule has 6 heteroatoms. The largest absolute Gasteiger partial charge is 0.512 e. The summed E-state index contributed by atoms with van der Waals surface area (Å²) in [5.41, 5.74) is 12.6. The number of carbonyl (C=O) groups is 1. The van der Waals surface area contributed by atoms with Crippen molar-refractivity contribution in [2.75, 3.05) is 0 Å². The molecule has 0 amide bonds. The fourth-order valence-corrected chi connectivity index (χ4v) is 18.1. The summed E-state index contributed by atoms with van der Waals surface area (Å²) in [6, 6.07) is 38.9. The maximum absolute atomic E-state index is 11.7. The van der Waals surface area contributed by atoms with E-state index in [2.05, 4.69) is 166 Å². The minimum Gasteiger partial charge on any atom is -0.512 e. The fraction of sp³-hybridized carbons (Fsp3) is 0.356. The molecule has 5 aromatic carbocycles. The number of allylic oxidation sites excluding steroid dienone is 2. The third-order valence-electron chi connectivity index (χ3n) is 13.1. The smallest absolute Gasteiger partial charge is 0.191 e. The quantitative estimate of drug-likeness (QED) is 0.0436.